The average molecular weight is 194 g/mol. The van der Waals surface area contributed by atoms with Gasteiger partial charge in [-0.15, -0.1) is 0 Å². The van der Waals surface area contributed by atoms with Crippen molar-refractivity contribution >= 4 is 5.97 Å². The molecule has 0 radical (unpaired) electrons. The molecule has 0 aromatic carbocycles. The van der Waals surface area contributed by atoms with Gasteiger partial charge in [0.05, 0.1) is 7.11 Å². The van der Waals surface area contributed by atoms with E-state index in [1.165, 1.54) is 7.11 Å². The molecule has 0 aliphatic heterocycles. The number of hydrogen-bond acceptors (Lipinski definition) is 4. The highest BCUT2D eigenvalue weighted by Gasteiger charge is 2.15. The van der Waals surface area contributed by atoms with E-state index in [0.29, 0.717) is 6.42 Å². The fourth-order valence-electron chi connectivity index (χ4n) is 1.18. The van der Waals surface area contributed by atoms with Crippen molar-refractivity contribution in [1.82, 2.24) is 4.98 Å². The number of carbonyl (C=O) groups excluding carboxylic acids is 1. The molecule has 1 aromatic heterocycles. The van der Waals surface area contributed by atoms with Crippen molar-refractivity contribution < 1.29 is 9.53 Å². The van der Waals surface area contributed by atoms with Crippen LogP contribution in [0.15, 0.2) is 18.3 Å². The normalized spacial score (nSPS) is 12.2. The maximum atomic E-state index is 11.1. The van der Waals surface area contributed by atoms with Gasteiger partial charge in [-0.1, -0.05) is 6.07 Å². The van der Waals surface area contributed by atoms with Crippen LogP contribution >= 0.6 is 0 Å². The van der Waals surface area contributed by atoms with E-state index in [-0.39, 0.29) is 0 Å². The summed E-state index contributed by atoms with van der Waals surface area (Å²) < 4.78 is 4.53. The Balaban J connectivity index is 2.69. The molecule has 14 heavy (non-hydrogen) atoms. The van der Waals surface area contributed by atoms with Gasteiger partial charge in [-0.3, -0.25) is 9.78 Å². The minimum atomic E-state index is -0.631. The van der Waals surface area contributed by atoms with Gasteiger partial charge >= 0.3 is 5.97 Å². The summed E-state index contributed by atoms with van der Waals surface area (Å²) in [6, 6.07) is 3.16. The minimum Gasteiger partial charge on any atom is -0.468 e. The average Bonchev–Trinajstić information content (AvgIpc) is 2.20. The van der Waals surface area contributed by atoms with E-state index in [0.717, 1.165) is 11.3 Å². The Labute approximate surface area is 83.1 Å². The van der Waals surface area contributed by atoms with Crippen molar-refractivity contribution in [3.63, 3.8) is 0 Å². The molecule has 1 aromatic rings. The molecule has 1 atom stereocenters. The number of aryl methyl sites for hydroxylation is 1. The third-order valence-electron chi connectivity index (χ3n) is 2.04. The monoisotopic (exact) mass is 194 g/mol. The number of aromatic nitrogens is 1. The van der Waals surface area contributed by atoms with Crippen LogP contribution in [0.1, 0.15) is 11.3 Å². The number of methoxy groups -OCH3 is 1. The number of nitrogens with two attached hydrogens (primary N) is 1. The molecular weight excluding hydrogens is 180 g/mol. The van der Waals surface area contributed by atoms with E-state index in [1.807, 2.05) is 19.1 Å². The highest BCUT2D eigenvalue weighted by atomic mass is 16.5. The molecular formula is C10H14N2O2. The third-order valence-corrected chi connectivity index (χ3v) is 2.04. The molecule has 0 fully saturated rings. The van der Waals surface area contributed by atoms with Crippen molar-refractivity contribution in [3.8, 4) is 0 Å². The molecule has 0 aliphatic carbocycles. The lowest BCUT2D eigenvalue weighted by Crippen LogP contribution is -2.34. The van der Waals surface area contributed by atoms with Gasteiger partial charge in [0, 0.05) is 18.3 Å². The van der Waals surface area contributed by atoms with Gasteiger partial charge in [0.1, 0.15) is 6.04 Å². The second-order valence-electron chi connectivity index (χ2n) is 3.10. The molecule has 0 amide bonds. The first kappa shape index (κ1) is 10.7. The van der Waals surface area contributed by atoms with E-state index in [9.17, 15) is 4.79 Å². The zero-order valence-electron chi connectivity index (χ0n) is 8.36. The van der Waals surface area contributed by atoms with E-state index in [2.05, 4.69) is 9.72 Å². The smallest absolute Gasteiger partial charge is 0.323 e. The van der Waals surface area contributed by atoms with Crippen molar-refractivity contribution in [1.29, 1.82) is 0 Å². The minimum absolute atomic E-state index is 0.407. The number of rotatable bonds is 3. The van der Waals surface area contributed by atoms with Gasteiger partial charge < -0.3 is 10.5 Å². The second-order valence-corrected chi connectivity index (χ2v) is 3.10. The summed E-state index contributed by atoms with van der Waals surface area (Å²) >= 11 is 0. The van der Waals surface area contributed by atoms with Gasteiger partial charge in [-0.2, -0.15) is 0 Å². The molecule has 0 saturated heterocycles. The van der Waals surface area contributed by atoms with Crippen LogP contribution in [0.25, 0.3) is 0 Å². The molecule has 0 spiro atoms. The summed E-state index contributed by atoms with van der Waals surface area (Å²) in [5.41, 5.74) is 7.49. The van der Waals surface area contributed by atoms with E-state index < -0.39 is 12.0 Å². The molecule has 1 unspecified atom stereocenters. The highest BCUT2D eigenvalue weighted by molar-refractivity contribution is 5.75. The molecule has 1 heterocycles. The van der Waals surface area contributed by atoms with E-state index in [1.54, 1.807) is 6.20 Å². The fraction of sp³-hybridized carbons (Fsp3) is 0.400. The maximum absolute atomic E-state index is 11.1. The number of pyridine rings is 1. The Morgan fingerprint density at radius 3 is 3.00 bits per heavy atom. The van der Waals surface area contributed by atoms with Crippen molar-refractivity contribution in [3.05, 3.63) is 29.6 Å². The molecule has 76 valence electrons. The van der Waals surface area contributed by atoms with Crippen LogP contribution in [-0.4, -0.2) is 24.1 Å². The maximum Gasteiger partial charge on any atom is 0.323 e. The lowest BCUT2D eigenvalue weighted by Gasteiger charge is -2.09. The largest absolute Gasteiger partial charge is 0.468 e. The number of carbonyl (C=O) groups is 1. The van der Waals surface area contributed by atoms with Crippen molar-refractivity contribution in [2.45, 2.75) is 19.4 Å². The predicted octanol–water partition coefficient (Wildman–Crippen LogP) is 0.433. The third kappa shape index (κ3) is 2.53. The van der Waals surface area contributed by atoms with Gasteiger partial charge in [-0.25, -0.2) is 0 Å². The lowest BCUT2D eigenvalue weighted by atomic mass is 10.1. The predicted molar refractivity (Wildman–Crippen MR) is 52.7 cm³/mol. The summed E-state index contributed by atoms with van der Waals surface area (Å²) in [5.74, 6) is -0.407. The van der Waals surface area contributed by atoms with Gasteiger partial charge in [0.15, 0.2) is 0 Å². The zero-order valence-corrected chi connectivity index (χ0v) is 8.36. The SMILES string of the molecule is COC(=O)C(N)Cc1ncccc1C. The summed E-state index contributed by atoms with van der Waals surface area (Å²) in [6.45, 7) is 1.94. The molecule has 0 saturated carbocycles. The summed E-state index contributed by atoms with van der Waals surface area (Å²) in [4.78, 5) is 15.2. The van der Waals surface area contributed by atoms with Gasteiger partial charge in [-0.05, 0) is 18.6 Å². The van der Waals surface area contributed by atoms with Crippen LogP contribution in [0.2, 0.25) is 0 Å². The number of esters is 1. The van der Waals surface area contributed by atoms with Crippen molar-refractivity contribution in [2.24, 2.45) is 5.73 Å². The summed E-state index contributed by atoms with van der Waals surface area (Å²) in [6.07, 6.45) is 2.10. The van der Waals surface area contributed by atoms with Gasteiger partial charge in [0.2, 0.25) is 0 Å². The van der Waals surface area contributed by atoms with Crippen LogP contribution in [0, 0.1) is 6.92 Å². The number of ether oxygens (including phenoxy) is 1. The first-order valence-corrected chi connectivity index (χ1v) is 4.39. The van der Waals surface area contributed by atoms with Crippen LogP contribution in [0.3, 0.4) is 0 Å². The van der Waals surface area contributed by atoms with Crippen LogP contribution in [-0.2, 0) is 16.0 Å². The van der Waals surface area contributed by atoms with Crippen LogP contribution in [0.5, 0.6) is 0 Å². The van der Waals surface area contributed by atoms with E-state index in [4.69, 9.17) is 5.73 Å². The molecule has 0 aliphatic rings. The number of nitrogens with zero attached hydrogens (tertiary/aromatic N) is 1. The quantitative estimate of drug-likeness (QED) is 0.709. The second kappa shape index (κ2) is 4.72. The summed E-state index contributed by atoms with van der Waals surface area (Å²) in [7, 11) is 1.33. The molecule has 0 bridgehead atoms. The van der Waals surface area contributed by atoms with Crippen LogP contribution < -0.4 is 5.73 Å². The van der Waals surface area contributed by atoms with Gasteiger partial charge in [0.25, 0.3) is 0 Å². The van der Waals surface area contributed by atoms with E-state index >= 15 is 0 Å². The molecule has 1 rings (SSSR count). The first-order valence-electron chi connectivity index (χ1n) is 4.39. The zero-order chi connectivity index (χ0) is 10.6. The topological polar surface area (TPSA) is 65.2 Å². The Kier molecular flexibility index (Phi) is 3.59. The Morgan fingerprint density at radius 1 is 1.71 bits per heavy atom. The lowest BCUT2D eigenvalue weighted by molar-refractivity contribution is -0.142. The number of hydrogen-bond donors (Lipinski definition) is 1. The molecule has 4 heteroatoms. The fourth-order valence-corrected chi connectivity index (χ4v) is 1.18. The van der Waals surface area contributed by atoms with Crippen molar-refractivity contribution in [2.75, 3.05) is 7.11 Å². The van der Waals surface area contributed by atoms with Crippen LogP contribution in [0.4, 0.5) is 0 Å². The molecule has 4 nitrogen and oxygen atoms in total. The highest BCUT2D eigenvalue weighted by Crippen LogP contribution is 2.05. The standard InChI is InChI=1S/C10H14N2O2/c1-7-4-3-5-12-9(7)6-8(11)10(13)14-2/h3-5,8H,6,11H2,1-2H3. The summed E-state index contributed by atoms with van der Waals surface area (Å²) in [5, 5.41) is 0. The Hall–Kier alpha value is -1.42. The Morgan fingerprint density at radius 2 is 2.43 bits per heavy atom. The first-order chi connectivity index (χ1) is 6.65. The molecule has 2 N–H and O–H groups in total. The Bertz CT molecular complexity index is 326.